The van der Waals surface area contributed by atoms with Crippen LogP contribution in [0.4, 0.5) is 5.82 Å². The summed E-state index contributed by atoms with van der Waals surface area (Å²) in [5, 5.41) is 3.06. The van der Waals surface area contributed by atoms with Gasteiger partial charge in [-0.2, -0.15) is 0 Å². The second kappa shape index (κ2) is 8.38. The van der Waals surface area contributed by atoms with Crippen LogP contribution in [0.3, 0.4) is 0 Å². The first kappa shape index (κ1) is 20.8. The van der Waals surface area contributed by atoms with Gasteiger partial charge in [0.15, 0.2) is 0 Å². The minimum atomic E-state index is -0.157. The Morgan fingerprint density at radius 2 is 1.87 bits per heavy atom. The van der Waals surface area contributed by atoms with Gasteiger partial charge in [0.2, 0.25) is 5.96 Å². The zero-order valence-electron chi connectivity index (χ0n) is 18.6. The maximum absolute atomic E-state index is 13.0. The lowest BCUT2D eigenvalue weighted by Crippen LogP contribution is -2.47. The molecular weight excluding hydrogens is 386 g/mol. The van der Waals surface area contributed by atoms with Crippen LogP contribution in [0.5, 0.6) is 0 Å². The van der Waals surface area contributed by atoms with E-state index in [-0.39, 0.29) is 11.4 Å². The maximum atomic E-state index is 13.0. The van der Waals surface area contributed by atoms with Gasteiger partial charge in [0.25, 0.3) is 5.91 Å². The Morgan fingerprint density at radius 1 is 1.10 bits per heavy atom. The number of aliphatic imine (C=N–C) groups is 1. The molecule has 160 valence electrons. The summed E-state index contributed by atoms with van der Waals surface area (Å²) < 4.78 is 2.25. The lowest BCUT2D eigenvalue weighted by atomic mass is 10.1. The van der Waals surface area contributed by atoms with Crippen LogP contribution < -0.4 is 10.2 Å². The van der Waals surface area contributed by atoms with E-state index < -0.39 is 0 Å². The number of aromatic nitrogens is 2. The van der Waals surface area contributed by atoms with Crippen molar-refractivity contribution in [3.8, 4) is 0 Å². The molecule has 0 saturated carbocycles. The smallest absolute Gasteiger partial charge is 0.257 e. The van der Waals surface area contributed by atoms with E-state index in [0.29, 0.717) is 24.6 Å². The highest BCUT2D eigenvalue weighted by Gasteiger charge is 2.30. The molecule has 2 aromatic heterocycles. The Bertz CT molecular complexity index is 1090. The largest absolute Gasteiger partial charge is 0.329 e. The van der Waals surface area contributed by atoms with Crippen molar-refractivity contribution in [3.05, 3.63) is 83.3 Å². The van der Waals surface area contributed by atoms with Crippen LogP contribution in [0, 0.1) is 0 Å². The number of guanidine groups is 1. The van der Waals surface area contributed by atoms with Crippen molar-refractivity contribution in [2.24, 2.45) is 4.99 Å². The molecule has 1 amide bonds. The van der Waals surface area contributed by atoms with Crippen molar-refractivity contribution < 1.29 is 4.79 Å². The van der Waals surface area contributed by atoms with Crippen LogP contribution in [0.1, 0.15) is 54.7 Å². The molecule has 0 fully saturated rings. The topological polar surface area (TPSA) is 62.5 Å². The molecule has 3 aromatic rings. The van der Waals surface area contributed by atoms with Crippen LogP contribution in [0.15, 0.2) is 66.0 Å². The van der Waals surface area contributed by atoms with E-state index in [9.17, 15) is 4.79 Å². The molecule has 0 atom stereocenters. The normalized spacial score (nSPS) is 13.5. The van der Waals surface area contributed by atoms with Crippen molar-refractivity contribution in [1.29, 1.82) is 0 Å². The number of pyridine rings is 1. The number of hydrogen-bond acceptors (Lipinski definition) is 4. The highest BCUT2D eigenvalue weighted by Crippen LogP contribution is 2.33. The molecule has 0 spiro atoms. The number of benzene rings is 1. The fourth-order valence-electron chi connectivity index (χ4n) is 3.77. The third kappa shape index (κ3) is 4.38. The SMILES string of the molecule is CCc1ccc(C(=O)NC2=NCc3ccn(C(C)(C)C)c3N2Cc2cccnc2)cc1. The molecule has 6 nitrogen and oxygen atoms in total. The summed E-state index contributed by atoms with van der Waals surface area (Å²) in [6.45, 7) is 9.73. The molecule has 1 aliphatic heterocycles. The Balaban J connectivity index is 1.67. The first-order valence-corrected chi connectivity index (χ1v) is 10.7. The molecule has 0 unspecified atom stereocenters. The first-order chi connectivity index (χ1) is 14.9. The van der Waals surface area contributed by atoms with E-state index in [1.54, 1.807) is 6.20 Å². The zero-order chi connectivity index (χ0) is 22.0. The highest BCUT2D eigenvalue weighted by molar-refractivity contribution is 6.11. The molecule has 1 aromatic carbocycles. The van der Waals surface area contributed by atoms with Crippen molar-refractivity contribution >= 4 is 17.7 Å². The highest BCUT2D eigenvalue weighted by atomic mass is 16.1. The molecule has 4 rings (SSSR count). The van der Waals surface area contributed by atoms with E-state index >= 15 is 0 Å². The molecular formula is C25H29N5O. The van der Waals surface area contributed by atoms with Crippen LogP contribution >= 0.6 is 0 Å². The predicted molar refractivity (Wildman–Crippen MR) is 124 cm³/mol. The van der Waals surface area contributed by atoms with E-state index in [0.717, 1.165) is 23.4 Å². The monoisotopic (exact) mass is 415 g/mol. The average molecular weight is 416 g/mol. The minimum absolute atomic E-state index is 0.108. The predicted octanol–water partition coefficient (Wildman–Crippen LogP) is 4.51. The number of amides is 1. The Labute approximate surface area is 183 Å². The Morgan fingerprint density at radius 3 is 2.52 bits per heavy atom. The number of nitrogens with one attached hydrogen (secondary N) is 1. The molecule has 0 saturated heterocycles. The molecule has 0 radical (unpaired) electrons. The van der Waals surface area contributed by atoms with Gasteiger partial charge >= 0.3 is 0 Å². The summed E-state index contributed by atoms with van der Waals surface area (Å²) in [6, 6.07) is 13.8. The van der Waals surface area contributed by atoms with Crippen LogP contribution in [-0.4, -0.2) is 21.4 Å². The van der Waals surface area contributed by atoms with E-state index in [4.69, 9.17) is 4.99 Å². The Hall–Kier alpha value is -3.41. The number of anilines is 1. The van der Waals surface area contributed by atoms with E-state index in [1.165, 1.54) is 5.56 Å². The maximum Gasteiger partial charge on any atom is 0.257 e. The van der Waals surface area contributed by atoms with Gasteiger partial charge in [-0.25, -0.2) is 4.99 Å². The summed E-state index contributed by atoms with van der Waals surface area (Å²) in [6.07, 6.45) is 6.66. The minimum Gasteiger partial charge on any atom is -0.329 e. The third-order valence-corrected chi connectivity index (χ3v) is 5.49. The van der Waals surface area contributed by atoms with Gasteiger partial charge in [-0.1, -0.05) is 25.1 Å². The first-order valence-electron chi connectivity index (χ1n) is 10.7. The summed E-state index contributed by atoms with van der Waals surface area (Å²) >= 11 is 0. The molecule has 3 heterocycles. The van der Waals surface area contributed by atoms with E-state index in [2.05, 4.69) is 59.7 Å². The average Bonchev–Trinajstić information content (AvgIpc) is 3.21. The molecule has 1 N–H and O–H groups in total. The van der Waals surface area contributed by atoms with Crippen molar-refractivity contribution in [3.63, 3.8) is 0 Å². The fourth-order valence-corrected chi connectivity index (χ4v) is 3.77. The van der Waals surface area contributed by atoms with Crippen molar-refractivity contribution in [1.82, 2.24) is 14.9 Å². The van der Waals surface area contributed by atoms with E-state index in [1.807, 2.05) is 42.6 Å². The van der Waals surface area contributed by atoms with Crippen LogP contribution in [0.2, 0.25) is 0 Å². The fraction of sp³-hybridized carbons (Fsp3) is 0.320. The van der Waals surface area contributed by atoms with Crippen LogP contribution in [-0.2, 0) is 25.0 Å². The number of fused-ring (bicyclic) bond motifs is 1. The molecule has 31 heavy (non-hydrogen) atoms. The quantitative estimate of drug-likeness (QED) is 0.682. The number of aryl methyl sites for hydroxylation is 1. The second-order valence-electron chi connectivity index (χ2n) is 8.80. The van der Waals surface area contributed by atoms with Gasteiger partial charge in [0.1, 0.15) is 5.82 Å². The van der Waals surface area contributed by atoms with Gasteiger partial charge in [-0.05, 0) is 62.6 Å². The molecule has 1 aliphatic rings. The van der Waals surface area contributed by atoms with Crippen molar-refractivity contribution in [2.45, 2.75) is 52.7 Å². The van der Waals surface area contributed by atoms with Crippen molar-refractivity contribution in [2.75, 3.05) is 4.90 Å². The third-order valence-electron chi connectivity index (χ3n) is 5.49. The number of carbonyl (C=O) groups is 1. The Kier molecular flexibility index (Phi) is 5.63. The summed E-state index contributed by atoms with van der Waals surface area (Å²) in [7, 11) is 0. The number of carbonyl (C=O) groups excluding carboxylic acids is 1. The number of nitrogens with zero attached hydrogens (tertiary/aromatic N) is 4. The molecule has 0 aliphatic carbocycles. The zero-order valence-corrected chi connectivity index (χ0v) is 18.6. The van der Waals surface area contributed by atoms with Gasteiger partial charge < -0.3 is 4.57 Å². The summed E-state index contributed by atoms with van der Waals surface area (Å²) in [5.41, 5.74) is 3.91. The summed E-state index contributed by atoms with van der Waals surface area (Å²) in [5.74, 6) is 1.46. The van der Waals surface area contributed by atoms with Gasteiger partial charge in [-0.15, -0.1) is 0 Å². The lowest BCUT2D eigenvalue weighted by Gasteiger charge is -2.35. The molecule has 6 heteroatoms. The van der Waals surface area contributed by atoms with Gasteiger partial charge in [-0.3, -0.25) is 20.0 Å². The lowest BCUT2D eigenvalue weighted by molar-refractivity contribution is 0.0976. The van der Waals surface area contributed by atoms with Gasteiger partial charge in [0, 0.05) is 35.3 Å². The van der Waals surface area contributed by atoms with Gasteiger partial charge in [0.05, 0.1) is 13.1 Å². The van der Waals surface area contributed by atoms with Crippen LogP contribution in [0.25, 0.3) is 0 Å². The molecule has 0 bridgehead atoms. The standard InChI is InChI=1S/C25H29N5O/c1-5-18-8-10-20(11-9-18)22(31)28-24-27-16-21-12-14-30(25(2,3)4)23(21)29(24)17-19-7-6-13-26-15-19/h6-15H,5,16-17H2,1-4H3,(H,27,28,31). The second-order valence-corrected chi connectivity index (χ2v) is 8.80. The number of rotatable bonds is 4. The number of hydrogen-bond donors (Lipinski definition) is 1. The summed E-state index contributed by atoms with van der Waals surface area (Å²) in [4.78, 5) is 24.1.